The molecule has 0 spiro atoms. The summed E-state index contributed by atoms with van der Waals surface area (Å²) in [6, 6.07) is 0. The van der Waals surface area contributed by atoms with Crippen LogP contribution in [0.4, 0.5) is 35.1 Å². The van der Waals surface area contributed by atoms with Gasteiger partial charge in [0.25, 0.3) is 0 Å². The van der Waals surface area contributed by atoms with Gasteiger partial charge in [-0.15, -0.1) is 0 Å². The molecule has 0 aliphatic heterocycles. The van der Waals surface area contributed by atoms with Crippen LogP contribution in [0.15, 0.2) is 10.9 Å². The van der Waals surface area contributed by atoms with E-state index in [4.69, 9.17) is 0 Å². The molecule has 0 aromatic heterocycles. The third-order valence-electron chi connectivity index (χ3n) is 1.84. The fourth-order valence-corrected chi connectivity index (χ4v) is 1.18. The second-order valence-corrected chi connectivity index (χ2v) is 3.20. The predicted octanol–water partition coefficient (Wildman–Crippen LogP) is 3.66. The average Bonchev–Trinajstić information content (AvgIpc) is 2.12. The van der Waals surface area contributed by atoms with Crippen molar-refractivity contribution in [3.63, 3.8) is 0 Å². The Morgan fingerprint density at radius 1 is 1.00 bits per heavy atom. The van der Waals surface area contributed by atoms with Crippen LogP contribution in [0, 0.1) is 0 Å². The summed E-state index contributed by atoms with van der Waals surface area (Å²) in [5, 5.41) is -2.24. The van der Waals surface area contributed by atoms with E-state index in [-0.39, 0.29) is 0 Å². The van der Waals surface area contributed by atoms with Crippen molar-refractivity contribution in [2.75, 3.05) is 0 Å². The number of hydrogen-bond donors (Lipinski definition) is 0. The zero-order valence-electron chi connectivity index (χ0n) is 6.48. The molecule has 0 amide bonds. The predicted molar refractivity (Wildman–Crippen MR) is 33.7 cm³/mol. The quantitative estimate of drug-likeness (QED) is 0.583. The van der Waals surface area contributed by atoms with Crippen molar-refractivity contribution < 1.29 is 35.1 Å². The van der Waals surface area contributed by atoms with E-state index in [9.17, 15) is 35.1 Å². The van der Waals surface area contributed by atoms with Gasteiger partial charge in [0.2, 0.25) is 6.17 Å². The highest BCUT2D eigenvalue weighted by Crippen LogP contribution is 2.57. The van der Waals surface area contributed by atoms with Crippen molar-refractivity contribution in [3.05, 3.63) is 10.9 Å². The minimum Gasteiger partial charge on any atom is -0.234 e. The van der Waals surface area contributed by atoms with E-state index in [1.807, 2.05) is 0 Å². The summed E-state index contributed by atoms with van der Waals surface area (Å²) in [6.07, 6.45) is -3.99. The SMILES string of the molecule is FC1=C(Cl)C(F)C(F)(F)C(F)(F)C1(F)F. The van der Waals surface area contributed by atoms with E-state index < -0.39 is 34.8 Å². The first-order chi connectivity index (χ1) is 6.48. The molecular weight excluding hydrogens is 260 g/mol. The summed E-state index contributed by atoms with van der Waals surface area (Å²) in [6.45, 7) is 0. The zero-order valence-corrected chi connectivity index (χ0v) is 7.23. The van der Waals surface area contributed by atoms with Crippen molar-refractivity contribution in [2.24, 2.45) is 0 Å². The third-order valence-corrected chi connectivity index (χ3v) is 2.20. The molecule has 1 aliphatic carbocycles. The molecule has 0 fully saturated rings. The van der Waals surface area contributed by atoms with Gasteiger partial charge < -0.3 is 0 Å². The Morgan fingerprint density at radius 2 is 1.40 bits per heavy atom. The van der Waals surface area contributed by atoms with Crippen LogP contribution in [-0.4, -0.2) is 23.9 Å². The van der Waals surface area contributed by atoms with Crippen molar-refractivity contribution in [1.29, 1.82) is 0 Å². The van der Waals surface area contributed by atoms with Gasteiger partial charge in [0, 0.05) is 0 Å². The Morgan fingerprint density at radius 3 is 1.80 bits per heavy atom. The Balaban J connectivity index is 3.49. The van der Waals surface area contributed by atoms with Crippen molar-refractivity contribution >= 4 is 11.6 Å². The molecular formula is C6HClF8. The highest BCUT2D eigenvalue weighted by molar-refractivity contribution is 6.30. The van der Waals surface area contributed by atoms with E-state index in [2.05, 4.69) is 11.6 Å². The molecule has 1 unspecified atom stereocenters. The van der Waals surface area contributed by atoms with Gasteiger partial charge in [0.05, 0.1) is 5.03 Å². The second-order valence-electron chi connectivity index (χ2n) is 2.80. The molecule has 0 aromatic rings. The third kappa shape index (κ3) is 1.26. The normalized spacial score (nSPS) is 33.0. The first kappa shape index (κ1) is 12.5. The number of rotatable bonds is 0. The largest absolute Gasteiger partial charge is 0.382 e. The van der Waals surface area contributed by atoms with Gasteiger partial charge in [-0.1, -0.05) is 11.6 Å². The number of hydrogen-bond acceptors (Lipinski definition) is 0. The molecule has 0 nitrogen and oxygen atoms in total. The first-order valence-corrected chi connectivity index (χ1v) is 3.69. The number of alkyl halides is 7. The summed E-state index contributed by atoms with van der Waals surface area (Å²) in [7, 11) is 0. The van der Waals surface area contributed by atoms with Crippen LogP contribution in [0.3, 0.4) is 0 Å². The Bertz CT molecular complexity index is 319. The molecule has 0 heterocycles. The second kappa shape index (κ2) is 2.99. The standard InChI is InChI=1S/C6HClF8/c7-1-2(8)4(10,11)6(14,15)5(12,13)3(1)9/h2H. The van der Waals surface area contributed by atoms with E-state index in [0.29, 0.717) is 0 Å². The molecule has 0 radical (unpaired) electrons. The highest BCUT2D eigenvalue weighted by atomic mass is 35.5. The van der Waals surface area contributed by atoms with Gasteiger partial charge in [0.15, 0.2) is 5.83 Å². The Labute approximate surface area is 82.5 Å². The fourth-order valence-electron chi connectivity index (χ4n) is 0.927. The molecule has 0 saturated carbocycles. The van der Waals surface area contributed by atoms with Gasteiger partial charge >= 0.3 is 17.8 Å². The molecule has 15 heavy (non-hydrogen) atoms. The summed E-state index contributed by atoms with van der Waals surface area (Å²) >= 11 is 4.45. The van der Waals surface area contributed by atoms with E-state index >= 15 is 0 Å². The van der Waals surface area contributed by atoms with Gasteiger partial charge in [0.1, 0.15) is 0 Å². The van der Waals surface area contributed by atoms with Gasteiger partial charge in [-0.05, 0) is 0 Å². The summed E-state index contributed by atoms with van der Waals surface area (Å²) in [5.74, 6) is -20.8. The topological polar surface area (TPSA) is 0 Å². The van der Waals surface area contributed by atoms with E-state index in [1.165, 1.54) is 0 Å². The lowest BCUT2D eigenvalue weighted by atomic mass is 9.92. The van der Waals surface area contributed by atoms with Crippen molar-refractivity contribution in [2.45, 2.75) is 23.9 Å². The maximum atomic E-state index is 12.5. The fraction of sp³-hybridized carbons (Fsp3) is 0.667. The van der Waals surface area contributed by atoms with Gasteiger partial charge in [-0.2, -0.15) is 26.3 Å². The maximum Gasteiger partial charge on any atom is 0.382 e. The number of allylic oxidation sites excluding steroid dienone is 2. The molecule has 1 aliphatic rings. The van der Waals surface area contributed by atoms with Crippen LogP contribution >= 0.6 is 11.6 Å². The van der Waals surface area contributed by atoms with E-state index in [0.717, 1.165) is 0 Å². The monoisotopic (exact) mass is 260 g/mol. The minimum absolute atomic E-state index is 2.24. The minimum atomic E-state index is -6.16. The maximum absolute atomic E-state index is 12.5. The van der Waals surface area contributed by atoms with E-state index in [1.54, 1.807) is 0 Å². The smallest absolute Gasteiger partial charge is 0.234 e. The zero-order chi connectivity index (χ0) is 12.2. The molecule has 1 rings (SSSR count). The summed E-state index contributed by atoms with van der Waals surface area (Å²) < 4.78 is 99.1. The lowest BCUT2D eigenvalue weighted by Crippen LogP contribution is -2.62. The molecule has 9 heteroatoms. The van der Waals surface area contributed by atoms with Crippen LogP contribution in [0.2, 0.25) is 0 Å². The lowest BCUT2D eigenvalue weighted by Gasteiger charge is -2.37. The summed E-state index contributed by atoms with van der Waals surface area (Å²) in [4.78, 5) is 0. The molecule has 0 aromatic carbocycles. The van der Waals surface area contributed by atoms with Gasteiger partial charge in [-0.3, -0.25) is 0 Å². The van der Waals surface area contributed by atoms with Crippen LogP contribution in [0.25, 0.3) is 0 Å². The van der Waals surface area contributed by atoms with Crippen LogP contribution < -0.4 is 0 Å². The molecule has 0 N–H and O–H groups in total. The molecule has 0 saturated heterocycles. The first-order valence-electron chi connectivity index (χ1n) is 3.31. The lowest BCUT2D eigenvalue weighted by molar-refractivity contribution is -0.320. The molecule has 1 atom stereocenters. The molecule has 88 valence electrons. The van der Waals surface area contributed by atoms with Crippen molar-refractivity contribution in [3.8, 4) is 0 Å². The van der Waals surface area contributed by atoms with Gasteiger partial charge in [-0.25, -0.2) is 8.78 Å². The molecule has 0 bridgehead atoms. The van der Waals surface area contributed by atoms with Crippen molar-refractivity contribution in [1.82, 2.24) is 0 Å². The van der Waals surface area contributed by atoms with Crippen LogP contribution in [0.5, 0.6) is 0 Å². The Hall–Kier alpha value is -0.530. The number of halogens is 9. The summed E-state index contributed by atoms with van der Waals surface area (Å²) in [5.41, 5.74) is 0. The Kier molecular flexibility index (Phi) is 2.50. The average molecular weight is 261 g/mol. The van der Waals surface area contributed by atoms with Crippen LogP contribution in [0.1, 0.15) is 0 Å². The highest BCUT2D eigenvalue weighted by Gasteiger charge is 2.80. The van der Waals surface area contributed by atoms with Crippen LogP contribution in [-0.2, 0) is 0 Å².